The monoisotopic (exact) mass is 461 g/mol. The molecule has 0 spiro atoms. The molecule has 3 rings (SSSR count). The zero-order valence-corrected chi connectivity index (χ0v) is 19.6. The lowest BCUT2D eigenvalue weighted by Gasteiger charge is -2.16. The highest BCUT2D eigenvalue weighted by atomic mass is 32.2. The number of nitrogens with zero attached hydrogens (tertiary/aromatic N) is 3. The van der Waals surface area contributed by atoms with Crippen LogP contribution in [0.25, 0.3) is 10.2 Å². The van der Waals surface area contributed by atoms with E-state index in [9.17, 15) is 13.2 Å². The zero-order chi connectivity index (χ0) is 22.4. The van der Waals surface area contributed by atoms with Crippen LogP contribution in [-0.2, 0) is 21.3 Å². The van der Waals surface area contributed by atoms with Crippen LogP contribution >= 0.6 is 11.3 Å². The van der Waals surface area contributed by atoms with Gasteiger partial charge in [0.2, 0.25) is 10.0 Å². The molecule has 0 fully saturated rings. The maximum absolute atomic E-state index is 12.8. The van der Waals surface area contributed by atoms with Gasteiger partial charge >= 0.3 is 0 Å². The Morgan fingerprint density at radius 3 is 2.55 bits per heavy atom. The largest absolute Gasteiger partial charge is 0.383 e. The number of unbranched alkanes of at least 4 members (excludes halogenated alkanes) is 1. The second kappa shape index (κ2) is 10.3. The average molecular weight is 462 g/mol. The number of benzene rings is 2. The number of methoxy groups -OCH3 is 1. The third kappa shape index (κ3) is 5.30. The van der Waals surface area contributed by atoms with E-state index in [1.165, 1.54) is 39.9 Å². The smallest absolute Gasteiger partial charge is 0.279 e. The summed E-state index contributed by atoms with van der Waals surface area (Å²) < 4.78 is 34.8. The number of hydrogen-bond acceptors (Lipinski definition) is 5. The number of rotatable bonds is 9. The van der Waals surface area contributed by atoms with E-state index in [1.807, 2.05) is 35.8 Å². The van der Waals surface area contributed by atoms with E-state index < -0.39 is 15.9 Å². The summed E-state index contributed by atoms with van der Waals surface area (Å²) >= 11 is 1.43. The molecule has 1 aromatic heterocycles. The Morgan fingerprint density at radius 1 is 1.16 bits per heavy atom. The van der Waals surface area contributed by atoms with Crippen molar-refractivity contribution in [3.63, 3.8) is 0 Å². The van der Waals surface area contributed by atoms with Crippen molar-refractivity contribution in [2.45, 2.75) is 31.2 Å². The van der Waals surface area contributed by atoms with Gasteiger partial charge in [0.25, 0.3) is 5.91 Å². The summed E-state index contributed by atoms with van der Waals surface area (Å²) in [6.07, 6.45) is 1.71. The minimum absolute atomic E-state index is 0.166. The van der Waals surface area contributed by atoms with Gasteiger partial charge in [-0.25, -0.2) is 12.7 Å². The highest BCUT2D eigenvalue weighted by Gasteiger charge is 2.20. The van der Waals surface area contributed by atoms with Gasteiger partial charge in [0, 0.05) is 32.8 Å². The van der Waals surface area contributed by atoms with Crippen LogP contribution in [0.4, 0.5) is 0 Å². The number of fused-ring (bicyclic) bond motifs is 1. The molecule has 1 heterocycles. The number of thiazole rings is 1. The molecule has 0 aliphatic carbocycles. The van der Waals surface area contributed by atoms with Crippen molar-refractivity contribution >= 4 is 37.5 Å². The standard InChI is InChI=1S/C22H27N3O4S2/c1-4-5-14-24(2)31(27,28)18-12-10-17(11-13-18)21(26)23-22-25(15-16-29-3)19-8-6-7-9-20(19)30-22/h6-13H,4-5,14-16H2,1-3H3. The van der Waals surface area contributed by atoms with E-state index in [2.05, 4.69) is 4.99 Å². The Balaban J connectivity index is 1.90. The molecule has 1 amide bonds. The summed E-state index contributed by atoms with van der Waals surface area (Å²) in [5.41, 5.74) is 1.33. The number of aromatic nitrogens is 1. The van der Waals surface area contributed by atoms with Crippen molar-refractivity contribution in [3.05, 3.63) is 58.9 Å². The summed E-state index contributed by atoms with van der Waals surface area (Å²) in [6.45, 7) is 3.55. The van der Waals surface area contributed by atoms with Crippen molar-refractivity contribution < 1.29 is 17.9 Å². The first kappa shape index (κ1) is 23.3. The summed E-state index contributed by atoms with van der Waals surface area (Å²) in [4.78, 5) is 17.9. The minimum atomic E-state index is -3.57. The molecule has 0 aliphatic heterocycles. The molecule has 0 radical (unpaired) electrons. The van der Waals surface area contributed by atoms with Crippen molar-refractivity contribution in [1.82, 2.24) is 8.87 Å². The van der Waals surface area contributed by atoms with Crippen molar-refractivity contribution in [1.29, 1.82) is 0 Å². The first-order chi connectivity index (χ1) is 14.9. The summed E-state index contributed by atoms with van der Waals surface area (Å²) in [5, 5.41) is 0. The molecule has 0 unspecified atom stereocenters. The molecule has 9 heteroatoms. The van der Waals surface area contributed by atoms with Gasteiger partial charge in [-0.2, -0.15) is 4.99 Å². The Hall–Kier alpha value is -2.33. The molecule has 0 bridgehead atoms. The van der Waals surface area contributed by atoms with Crippen molar-refractivity contribution in [2.24, 2.45) is 4.99 Å². The van der Waals surface area contributed by atoms with Gasteiger partial charge in [-0.3, -0.25) is 4.79 Å². The maximum atomic E-state index is 12.8. The van der Waals surface area contributed by atoms with Crippen LogP contribution in [0.1, 0.15) is 30.1 Å². The molecule has 0 N–H and O–H groups in total. The Bertz CT molecular complexity index is 1210. The number of hydrogen-bond donors (Lipinski definition) is 0. The van der Waals surface area contributed by atoms with Crippen molar-refractivity contribution in [3.8, 4) is 0 Å². The second-order valence-electron chi connectivity index (χ2n) is 7.12. The molecular formula is C22H27N3O4S2. The fourth-order valence-corrected chi connectivity index (χ4v) is 5.37. The van der Waals surface area contributed by atoms with E-state index in [0.717, 1.165) is 23.1 Å². The fraction of sp³-hybridized carbons (Fsp3) is 0.364. The lowest BCUT2D eigenvalue weighted by Crippen LogP contribution is -2.27. The lowest BCUT2D eigenvalue weighted by atomic mass is 10.2. The van der Waals surface area contributed by atoms with E-state index >= 15 is 0 Å². The van der Waals surface area contributed by atoms with Crippen LogP contribution in [0.3, 0.4) is 0 Å². The Morgan fingerprint density at radius 2 is 1.87 bits per heavy atom. The molecule has 166 valence electrons. The Labute approximate surface area is 186 Å². The molecule has 0 atom stereocenters. The highest BCUT2D eigenvalue weighted by Crippen LogP contribution is 2.18. The van der Waals surface area contributed by atoms with Crippen LogP contribution in [0.5, 0.6) is 0 Å². The van der Waals surface area contributed by atoms with Crippen LogP contribution in [0, 0.1) is 0 Å². The van der Waals surface area contributed by atoms with E-state index in [0.29, 0.717) is 30.1 Å². The molecule has 3 aromatic rings. The quantitative estimate of drug-likeness (QED) is 0.488. The Kier molecular flexibility index (Phi) is 7.77. The second-order valence-corrected chi connectivity index (χ2v) is 10.2. The topological polar surface area (TPSA) is 81.0 Å². The van der Waals surface area contributed by atoms with E-state index in [1.54, 1.807) is 14.2 Å². The van der Waals surface area contributed by atoms with Gasteiger partial charge in [-0.1, -0.05) is 36.8 Å². The third-order valence-corrected chi connectivity index (χ3v) is 7.87. The van der Waals surface area contributed by atoms with Crippen LogP contribution in [-0.4, -0.2) is 50.5 Å². The third-order valence-electron chi connectivity index (χ3n) is 4.94. The van der Waals surface area contributed by atoms with Gasteiger partial charge in [0.15, 0.2) is 4.80 Å². The lowest BCUT2D eigenvalue weighted by molar-refractivity contribution is 0.0997. The fourth-order valence-electron chi connectivity index (χ4n) is 3.11. The molecule has 0 aliphatic rings. The summed E-state index contributed by atoms with van der Waals surface area (Å²) in [7, 11) is -0.371. The molecular weight excluding hydrogens is 434 g/mol. The molecule has 7 nitrogen and oxygen atoms in total. The zero-order valence-electron chi connectivity index (χ0n) is 17.9. The number of carbonyl (C=O) groups excluding carboxylic acids is 1. The van der Waals surface area contributed by atoms with E-state index in [-0.39, 0.29) is 4.90 Å². The molecule has 2 aromatic carbocycles. The predicted octanol–water partition coefficient (Wildman–Crippen LogP) is 3.51. The van der Waals surface area contributed by atoms with Crippen LogP contribution < -0.4 is 4.80 Å². The number of ether oxygens (including phenoxy) is 1. The first-order valence-corrected chi connectivity index (χ1v) is 12.4. The minimum Gasteiger partial charge on any atom is -0.383 e. The summed E-state index contributed by atoms with van der Waals surface area (Å²) in [5.74, 6) is -0.416. The van der Waals surface area contributed by atoms with Gasteiger partial charge < -0.3 is 9.30 Å². The average Bonchev–Trinajstić information content (AvgIpc) is 3.12. The van der Waals surface area contributed by atoms with E-state index in [4.69, 9.17) is 4.74 Å². The molecule has 31 heavy (non-hydrogen) atoms. The number of carbonyl (C=O) groups is 1. The maximum Gasteiger partial charge on any atom is 0.279 e. The van der Waals surface area contributed by atoms with Crippen LogP contribution in [0.2, 0.25) is 0 Å². The number of sulfonamides is 1. The first-order valence-electron chi connectivity index (χ1n) is 10.1. The van der Waals surface area contributed by atoms with Gasteiger partial charge in [-0.15, -0.1) is 0 Å². The normalized spacial score (nSPS) is 12.7. The molecule has 0 saturated carbocycles. The van der Waals surface area contributed by atoms with Gasteiger partial charge in [0.05, 0.1) is 21.7 Å². The SMILES string of the molecule is CCCCN(C)S(=O)(=O)c1ccc(C(=O)N=c2sc3ccccc3n2CCOC)cc1. The van der Waals surface area contributed by atoms with Gasteiger partial charge in [-0.05, 0) is 42.8 Å². The van der Waals surface area contributed by atoms with Crippen LogP contribution in [0.15, 0.2) is 58.4 Å². The molecule has 0 saturated heterocycles. The number of para-hydroxylation sites is 1. The van der Waals surface area contributed by atoms with Crippen molar-refractivity contribution in [2.75, 3.05) is 27.3 Å². The highest BCUT2D eigenvalue weighted by molar-refractivity contribution is 7.89. The van der Waals surface area contributed by atoms with Gasteiger partial charge in [0.1, 0.15) is 0 Å². The predicted molar refractivity (Wildman–Crippen MR) is 123 cm³/mol. The summed E-state index contributed by atoms with van der Waals surface area (Å²) in [6, 6.07) is 13.8. The number of amides is 1.